The molecule has 0 bridgehead atoms. The minimum absolute atomic E-state index is 0.0751. The average molecular weight is 454 g/mol. The third-order valence-electron chi connectivity index (χ3n) is 4.62. The van der Waals surface area contributed by atoms with Gasteiger partial charge in [-0.1, -0.05) is 35.2 Å². The zero-order valence-electron chi connectivity index (χ0n) is 15.8. The molecule has 1 N–H and O–H groups in total. The zero-order chi connectivity index (χ0) is 20.5. The van der Waals surface area contributed by atoms with Crippen molar-refractivity contribution in [3.63, 3.8) is 0 Å². The summed E-state index contributed by atoms with van der Waals surface area (Å²) in [5, 5.41) is 2.27. The highest BCUT2D eigenvalue weighted by Gasteiger charge is 2.23. The summed E-state index contributed by atoms with van der Waals surface area (Å²) in [7, 11) is 1.46. The predicted molar refractivity (Wildman–Crippen MR) is 105 cm³/mol. The molecular formula is C20H24BrNO6. The van der Waals surface area contributed by atoms with E-state index < -0.39 is 18.5 Å². The van der Waals surface area contributed by atoms with Crippen LogP contribution in [-0.2, 0) is 19.1 Å². The Labute approximate surface area is 172 Å². The summed E-state index contributed by atoms with van der Waals surface area (Å²) in [6.07, 6.45) is 4.39. The van der Waals surface area contributed by atoms with Crippen LogP contribution >= 0.6 is 15.9 Å². The lowest BCUT2D eigenvalue weighted by atomic mass is 9.89. The molecule has 7 nitrogen and oxygen atoms in total. The number of hydrogen-bond acceptors (Lipinski definition) is 6. The van der Waals surface area contributed by atoms with Crippen molar-refractivity contribution >= 4 is 39.5 Å². The number of halogens is 1. The number of benzene rings is 1. The van der Waals surface area contributed by atoms with Crippen molar-refractivity contribution in [1.82, 2.24) is 5.32 Å². The van der Waals surface area contributed by atoms with Gasteiger partial charge in [0.15, 0.2) is 12.4 Å². The van der Waals surface area contributed by atoms with Crippen LogP contribution < -0.4 is 10.1 Å². The second kappa shape index (κ2) is 10.9. The molecule has 1 saturated carbocycles. The number of imide groups is 1. The lowest BCUT2D eigenvalue weighted by molar-refractivity contribution is -0.150. The Kier molecular flexibility index (Phi) is 8.63. The average Bonchev–Trinajstić information content (AvgIpc) is 2.71. The van der Waals surface area contributed by atoms with Gasteiger partial charge in [0, 0.05) is 16.8 Å². The van der Waals surface area contributed by atoms with E-state index in [4.69, 9.17) is 9.47 Å². The molecule has 0 radical (unpaired) electrons. The van der Waals surface area contributed by atoms with E-state index in [0.717, 1.165) is 36.6 Å². The number of methoxy groups -OCH3 is 1. The number of rotatable bonds is 8. The maximum atomic E-state index is 12.3. The molecule has 1 aromatic carbocycles. The number of carbonyl (C=O) groups is 4. The highest BCUT2D eigenvalue weighted by atomic mass is 79.9. The van der Waals surface area contributed by atoms with Crippen LogP contribution in [-0.4, -0.2) is 37.3 Å². The van der Waals surface area contributed by atoms with E-state index in [1.807, 2.05) is 0 Å². The molecule has 0 aromatic heterocycles. The van der Waals surface area contributed by atoms with Crippen LogP contribution in [0.5, 0.6) is 5.75 Å². The lowest BCUT2D eigenvalue weighted by Crippen LogP contribution is -2.38. The van der Waals surface area contributed by atoms with Gasteiger partial charge in [-0.05, 0) is 31.0 Å². The number of esters is 1. The van der Waals surface area contributed by atoms with Crippen molar-refractivity contribution in [2.75, 3.05) is 13.7 Å². The normalized spacial score (nSPS) is 14.2. The Hall–Kier alpha value is -2.22. The predicted octanol–water partition coefficient (Wildman–Crippen LogP) is 3.19. The molecule has 152 valence electrons. The first kappa shape index (κ1) is 22.1. The number of Topliss-reactive ketones (excluding diaryl/α,β-unsaturated/α-hetero) is 1. The van der Waals surface area contributed by atoms with Crippen molar-refractivity contribution in [2.24, 2.45) is 5.92 Å². The molecule has 0 spiro atoms. The van der Waals surface area contributed by atoms with Crippen LogP contribution in [0.4, 0.5) is 0 Å². The van der Waals surface area contributed by atoms with Crippen molar-refractivity contribution in [2.45, 2.75) is 44.9 Å². The fourth-order valence-electron chi connectivity index (χ4n) is 3.11. The first-order valence-electron chi connectivity index (χ1n) is 9.26. The van der Waals surface area contributed by atoms with E-state index in [2.05, 4.69) is 21.2 Å². The van der Waals surface area contributed by atoms with Crippen molar-refractivity contribution in [1.29, 1.82) is 0 Å². The molecule has 0 saturated heterocycles. The standard InChI is InChI=1S/C20H24BrNO6/c1-27-17-9-7-14(21)11-15(17)16(23)8-10-19(25)28-12-18(24)22-20(26)13-5-3-2-4-6-13/h7,9,11,13H,2-6,8,10,12H2,1H3,(H,22,24,26). The number of carbonyl (C=O) groups excluding carboxylic acids is 4. The third kappa shape index (κ3) is 6.74. The second-order valence-electron chi connectivity index (χ2n) is 6.68. The van der Waals surface area contributed by atoms with E-state index >= 15 is 0 Å². The fourth-order valence-corrected chi connectivity index (χ4v) is 3.47. The van der Waals surface area contributed by atoms with Gasteiger partial charge in [-0.15, -0.1) is 0 Å². The molecule has 28 heavy (non-hydrogen) atoms. The number of amides is 2. The minimum atomic E-state index is -0.678. The quantitative estimate of drug-likeness (QED) is 0.479. The first-order chi connectivity index (χ1) is 13.4. The van der Waals surface area contributed by atoms with Gasteiger partial charge in [0.1, 0.15) is 5.75 Å². The van der Waals surface area contributed by atoms with Gasteiger partial charge in [-0.2, -0.15) is 0 Å². The highest BCUT2D eigenvalue weighted by Crippen LogP contribution is 2.25. The molecule has 1 aromatic rings. The van der Waals surface area contributed by atoms with Crippen LogP contribution in [0.3, 0.4) is 0 Å². The molecule has 1 fully saturated rings. The number of nitrogens with one attached hydrogen (secondary N) is 1. The molecular weight excluding hydrogens is 430 g/mol. The topological polar surface area (TPSA) is 98.8 Å². The van der Waals surface area contributed by atoms with Gasteiger partial charge < -0.3 is 9.47 Å². The maximum Gasteiger partial charge on any atom is 0.306 e. The van der Waals surface area contributed by atoms with Crippen molar-refractivity contribution < 1.29 is 28.7 Å². The van der Waals surface area contributed by atoms with Gasteiger partial charge in [0.25, 0.3) is 5.91 Å². The van der Waals surface area contributed by atoms with Gasteiger partial charge in [0.05, 0.1) is 19.1 Å². The minimum Gasteiger partial charge on any atom is -0.496 e. The Bertz CT molecular complexity index is 742. The SMILES string of the molecule is COc1ccc(Br)cc1C(=O)CCC(=O)OCC(=O)NC(=O)C1CCCCC1. The molecule has 2 rings (SSSR count). The molecule has 1 aliphatic carbocycles. The van der Waals surface area contributed by atoms with Crippen molar-refractivity contribution in [3.8, 4) is 5.75 Å². The summed E-state index contributed by atoms with van der Waals surface area (Å²) in [5.74, 6) is -1.63. The van der Waals surface area contributed by atoms with Crippen LogP contribution in [0.2, 0.25) is 0 Å². The first-order valence-corrected chi connectivity index (χ1v) is 10.1. The lowest BCUT2D eigenvalue weighted by Gasteiger charge is -2.20. The van der Waals surface area contributed by atoms with Crippen LogP contribution in [0.25, 0.3) is 0 Å². The summed E-state index contributed by atoms with van der Waals surface area (Å²) in [4.78, 5) is 47.9. The van der Waals surface area contributed by atoms with E-state index in [9.17, 15) is 19.2 Å². The third-order valence-corrected chi connectivity index (χ3v) is 5.11. The van der Waals surface area contributed by atoms with Crippen LogP contribution in [0.1, 0.15) is 55.3 Å². The summed E-state index contributed by atoms with van der Waals surface area (Å²) in [6, 6.07) is 5.03. The fraction of sp³-hybridized carbons (Fsp3) is 0.500. The Balaban J connectivity index is 1.73. The van der Waals surface area contributed by atoms with Crippen LogP contribution in [0, 0.1) is 5.92 Å². The van der Waals surface area contributed by atoms with Crippen molar-refractivity contribution in [3.05, 3.63) is 28.2 Å². The second-order valence-corrected chi connectivity index (χ2v) is 7.59. The molecule has 0 unspecified atom stereocenters. The van der Waals surface area contributed by atoms with Gasteiger partial charge in [0.2, 0.25) is 5.91 Å². The highest BCUT2D eigenvalue weighted by molar-refractivity contribution is 9.10. The number of ketones is 1. The van der Waals surface area contributed by atoms with E-state index in [-0.39, 0.29) is 30.4 Å². The summed E-state index contributed by atoms with van der Waals surface area (Å²) in [5.41, 5.74) is 0.362. The molecule has 0 heterocycles. The molecule has 2 amide bonds. The van der Waals surface area contributed by atoms with E-state index in [1.54, 1.807) is 18.2 Å². The van der Waals surface area contributed by atoms with E-state index in [0.29, 0.717) is 11.3 Å². The summed E-state index contributed by atoms with van der Waals surface area (Å²) >= 11 is 3.29. The van der Waals surface area contributed by atoms with Crippen LogP contribution in [0.15, 0.2) is 22.7 Å². The molecule has 1 aliphatic rings. The Morgan fingerprint density at radius 3 is 2.50 bits per heavy atom. The number of ether oxygens (including phenoxy) is 2. The molecule has 0 atom stereocenters. The Morgan fingerprint density at radius 2 is 1.82 bits per heavy atom. The van der Waals surface area contributed by atoms with Gasteiger partial charge in [-0.3, -0.25) is 24.5 Å². The zero-order valence-corrected chi connectivity index (χ0v) is 17.4. The summed E-state index contributed by atoms with van der Waals surface area (Å²) < 4.78 is 10.7. The monoisotopic (exact) mass is 453 g/mol. The largest absolute Gasteiger partial charge is 0.496 e. The molecule has 8 heteroatoms. The Morgan fingerprint density at radius 1 is 1.11 bits per heavy atom. The van der Waals surface area contributed by atoms with Gasteiger partial charge >= 0.3 is 5.97 Å². The smallest absolute Gasteiger partial charge is 0.306 e. The molecule has 0 aliphatic heterocycles. The summed E-state index contributed by atoms with van der Waals surface area (Å²) in [6.45, 7) is -0.536. The number of hydrogen-bond donors (Lipinski definition) is 1. The maximum absolute atomic E-state index is 12.3. The van der Waals surface area contributed by atoms with Gasteiger partial charge in [-0.25, -0.2) is 0 Å². The van der Waals surface area contributed by atoms with E-state index in [1.165, 1.54) is 7.11 Å².